The second-order valence-electron chi connectivity index (χ2n) is 15.9. The van der Waals surface area contributed by atoms with Gasteiger partial charge in [-0.15, -0.1) is 0 Å². The molecule has 7 nitrogen and oxygen atoms in total. The van der Waals surface area contributed by atoms with Gasteiger partial charge in [-0.1, -0.05) is 66.3 Å². The molecular formula is C41H47N5O2S2. The standard InChI is InChI=1S/C41H47N5O2S2/c1-22-24(3)47-40-36(22)45-31-19-32-30(18-29(31)43(26-12-7-5-8-13-26)28-16-11-17-34(49-40)38(28)45)44(27-14-9-6-10-15-27)33-20-42-21-35-39(33)46(32)37-23(2)25(4)48-41(37)50-35/h5-10,12-15,28-35,38-39,42H,11,16-21H2,1-4H3. The maximum absolute atomic E-state index is 6.62. The van der Waals surface area contributed by atoms with Crippen molar-refractivity contribution >= 4 is 46.3 Å². The fraction of sp³-hybridized carbons (Fsp3) is 0.512. The minimum absolute atomic E-state index is 0.358. The van der Waals surface area contributed by atoms with Crippen LogP contribution in [-0.4, -0.2) is 71.9 Å². The first-order valence-corrected chi connectivity index (χ1v) is 20.7. The summed E-state index contributed by atoms with van der Waals surface area (Å²) in [5.74, 6) is 2.16. The van der Waals surface area contributed by atoms with E-state index in [1.165, 1.54) is 58.2 Å². The van der Waals surface area contributed by atoms with Crippen LogP contribution in [0.2, 0.25) is 0 Å². The molecule has 5 aliphatic heterocycles. The summed E-state index contributed by atoms with van der Waals surface area (Å²) in [6.07, 6.45) is 6.00. The van der Waals surface area contributed by atoms with Gasteiger partial charge in [-0.25, -0.2) is 0 Å². The summed E-state index contributed by atoms with van der Waals surface area (Å²) in [6, 6.07) is 26.1. The molecular weight excluding hydrogens is 659 g/mol. The molecule has 7 heterocycles. The molecule has 3 saturated heterocycles. The predicted molar refractivity (Wildman–Crippen MR) is 205 cm³/mol. The van der Waals surface area contributed by atoms with Crippen molar-refractivity contribution in [1.82, 2.24) is 5.32 Å². The van der Waals surface area contributed by atoms with Gasteiger partial charge in [0.2, 0.25) is 0 Å². The zero-order chi connectivity index (χ0) is 33.4. The molecule has 0 amide bonds. The molecule has 0 bridgehead atoms. The number of hydrogen-bond donors (Lipinski definition) is 1. The monoisotopic (exact) mass is 705 g/mol. The van der Waals surface area contributed by atoms with E-state index >= 15 is 0 Å². The normalized spacial score (nSPS) is 35.0. The molecule has 0 spiro atoms. The topological polar surface area (TPSA) is 51.3 Å². The molecule has 1 N–H and O–H groups in total. The zero-order valence-electron chi connectivity index (χ0n) is 29.4. The summed E-state index contributed by atoms with van der Waals surface area (Å²) in [5, 5.41) is 7.18. The van der Waals surface area contributed by atoms with Crippen LogP contribution in [0.3, 0.4) is 0 Å². The Kier molecular flexibility index (Phi) is 6.82. The van der Waals surface area contributed by atoms with Crippen LogP contribution in [0.4, 0.5) is 22.7 Å². The molecule has 4 aromatic rings. The Morgan fingerprint density at radius 2 is 1.06 bits per heavy atom. The number of anilines is 4. The van der Waals surface area contributed by atoms with E-state index in [1.807, 2.05) is 23.5 Å². The van der Waals surface area contributed by atoms with Crippen LogP contribution < -0.4 is 24.9 Å². The van der Waals surface area contributed by atoms with Crippen molar-refractivity contribution in [3.63, 3.8) is 0 Å². The number of nitrogens with zero attached hydrogens (tertiary/aromatic N) is 4. The van der Waals surface area contributed by atoms with Crippen LogP contribution >= 0.6 is 23.5 Å². The molecule has 10 atom stereocenters. The highest BCUT2D eigenvalue weighted by Crippen LogP contribution is 2.59. The third-order valence-corrected chi connectivity index (χ3v) is 16.2. The van der Waals surface area contributed by atoms with Crippen LogP contribution in [0.5, 0.6) is 0 Å². The number of piperidine rings is 1. The van der Waals surface area contributed by atoms with Gasteiger partial charge in [0.15, 0.2) is 10.2 Å². The molecule has 2 aliphatic carbocycles. The molecule has 260 valence electrons. The van der Waals surface area contributed by atoms with Crippen molar-refractivity contribution in [3.05, 3.63) is 83.3 Å². The van der Waals surface area contributed by atoms with Gasteiger partial charge in [0.05, 0.1) is 59.7 Å². The number of fused-ring (bicyclic) bond motifs is 8. The maximum atomic E-state index is 6.62. The number of benzene rings is 2. The molecule has 7 aliphatic rings. The lowest BCUT2D eigenvalue weighted by Gasteiger charge is -2.69. The number of hydrogen-bond acceptors (Lipinski definition) is 9. The molecule has 2 saturated carbocycles. The summed E-state index contributed by atoms with van der Waals surface area (Å²) < 4.78 is 13.2. The van der Waals surface area contributed by atoms with Crippen LogP contribution in [0.1, 0.15) is 54.8 Å². The quantitative estimate of drug-likeness (QED) is 0.224. The Bertz CT molecular complexity index is 1810. The summed E-state index contributed by atoms with van der Waals surface area (Å²) >= 11 is 4.02. The highest BCUT2D eigenvalue weighted by molar-refractivity contribution is 8.00. The van der Waals surface area contributed by atoms with Crippen molar-refractivity contribution in [1.29, 1.82) is 0 Å². The van der Waals surface area contributed by atoms with E-state index in [2.05, 4.69) is 113 Å². The average Bonchev–Trinajstić information content (AvgIpc) is 3.59. The van der Waals surface area contributed by atoms with E-state index in [1.54, 1.807) is 0 Å². The second kappa shape index (κ2) is 11.2. The first-order valence-electron chi connectivity index (χ1n) is 19.0. The highest BCUT2D eigenvalue weighted by Gasteiger charge is 2.63. The average molecular weight is 706 g/mol. The Morgan fingerprint density at radius 3 is 1.64 bits per heavy atom. The van der Waals surface area contributed by atoms with Crippen molar-refractivity contribution < 1.29 is 8.83 Å². The molecule has 9 heteroatoms. The number of nitrogens with one attached hydrogen (secondary N) is 1. The van der Waals surface area contributed by atoms with E-state index in [0.29, 0.717) is 58.8 Å². The first-order chi connectivity index (χ1) is 24.5. The number of thioether (sulfide) groups is 2. The largest absolute Gasteiger partial charge is 0.453 e. The number of furan rings is 2. The number of rotatable bonds is 2. The highest BCUT2D eigenvalue weighted by atomic mass is 32.2. The van der Waals surface area contributed by atoms with Crippen LogP contribution in [-0.2, 0) is 0 Å². The Morgan fingerprint density at radius 1 is 0.560 bits per heavy atom. The van der Waals surface area contributed by atoms with Gasteiger partial charge in [0, 0.05) is 46.1 Å². The van der Waals surface area contributed by atoms with E-state index < -0.39 is 0 Å². The van der Waals surface area contributed by atoms with E-state index in [4.69, 9.17) is 8.83 Å². The van der Waals surface area contributed by atoms with Crippen molar-refractivity contribution in [2.75, 3.05) is 32.7 Å². The van der Waals surface area contributed by atoms with E-state index in [-0.39, 0.29) is 0 Å². The fourth-order valence-corrected chi connectivity index (χ4v) is 14.6. The van der Waals surface area contributed by atoms with E-state index in [0.717, 1.165) is 42.5 Å². The number of aryl methyl sites for hydroxylation is 2. The van der Waals surface area contributed by atoms with E-state index in [9.17, 15) is 0 Å². The summed E-state index contributed by atoms with van der Waals surface area (Å²) in [7, 11) is 0. The molecule has 2 aromatic carbocycles. The Labute approximate surface area is 304 Å². The van der Waals surface area contributed by atoms with Gasteiger partial charge in [-0.05, 0) is 77.6 Å². The van der Waals surface area contributed by atoms with Crippen molar-refractivity contribution in [2.45, 2.75) is 129 Å². The smallest absolute Gasteiger partial charge is 0.184 e. The predicted octanol–water partition coefficient (Wildman–Crippen LogP) is 7.94. The molecule has 11 rings (SSSR count). The molecule has 2 aromatic heterocycles. The fourth-order valence-electron chi connectivity index (χ4n) is 11.6. The SMILES string of the molecule is Cc1oc2c(c1C)N1C3CC4C(CC3N(c3ccccc3)C3CCCC(S2)C31)N(c1ccccc1)C1CNCC2Sc3oc(C)c(C)c3N4C21. The maximum Gasteiger partial charge on any atom is 0.184 e. The Balaban J connectivity index is 1.13. The molecule has 0 radical (unpaired) electrons. The van der Waals surface area contributed by atoms with Gasteiger partial charge >= 0.3 is 0 Å². The minimum Gasteiger partial charge on any atom is -0.453 e. The lowest BCUT2D eigenvalue weighted by molar-refractivity contribution is 0.148. The summed E-state index contributed by atoms with van der Waals surface area (Å²) in [5.41, 5.74) is 8.24. The first kappa shape index (κ1) is 30.5. The number of para-hydroxylation sites is 2. The van der Waals surface area contributed by atoms with Gasteiger partial charge in [-0.2, -0.15) is 0 Å². The zero-order valence-corrected chi connectivity index (χ0v) is 31.1. The van der Waals surface area contributed by atoms with Crippen LogP contribution in [0, 0.1) is 27.7 Å². The van der Waals surface area contributed by atoms with Crippen LogP contribution in [0.25, 0.3) is 0 Å². The van der Waals surface area contributed by atoms with Gasteiger partial charge in [0.1, 0.15) is 11.5 Å². The second-order valence-corrected chi connectivity index (χ2v) is 18.3. The molecule has 5 fully saturated rings. The van der Waals surface area contributed by atoms with Gasteiger partial charge in [-0.3, -0.25) is 0 Å². The van der Waals surface area contributed by atoms with Gasteiger partial charge in [0.25, 0.3) is 0 Å². The van der Waals surface area contributed by atoms with Crippen molar-refractivity contribution in [2.24, 2.45) is 0 Å². The lowest BCUT2D eigenvalue weighted by Crippen LogP contribution is -2.82. The molecule has 50 heavy (non-hydrogen) atoms. The summed E-state index contributed by atoms with van der Waals surface area (Å²) in [6.45, 7) is 11.0. The summed E-state index contributed by atoms with van der Waals surface area (Å²) in [4.78, 5) is 11.8. The minimum atomic E-state index is 0.358. The van der Waals surface area contributed by atoms with Crippen LogP contribution in [0.15, 0.2) is 79.7 Å². The third-order valence-electron chi connectivity index (χ3n) is 13.7. The van der Waals surface area contributed by atoms with Crippen molar-refractivity contribution in [3.8, 4) is 0 Å². The lowest BCUT2D eigenvalue weighted by atomic mass is 9.70. The number of piperazine rings is 2. The third kappa shape index (κ3) is 4.11. The Hall–Kier alpha value is -3.14. The molecule has 10 unspecified atom stereocenters. The van der Waals surface area contributed by atoms with Gasteiger partial charge < -0.3 is 33.8 Å².